The van der Waals surface area contributed by atoms with Crippen molar-refractivity contribution in [2.75, 3.05) is 0 Å². The summed E-state index contributed by atoms with van der Waals surface area (Å²) in [4.78, 5) is 0. The zero-order valence-corrected chi connectivity index (χ0v) is 14.0. The normalized spacial score (nSPS) is 29.6. The highest BCUT2D eigenvalue weighted by molar-refractivity contribution is 7.55. The van der Waals surface area contributed by atoms with Gasteiger partial charge in [0.1, 0.15) is 5.75 Å². The number of nitrogens with one attached hydrogen (secondary N) is 2. The Balaban J connectivity index is 2.25. The van der Waals surface area contributed by atoms with Gasteiger partial charge in [0.05, 0.1) is 0 Å². The van der Waals surface area contributed by atoms with Crippen LogP contribution in [0, 0.1) is 11.8 Å². The summed E-state index contributed by atoms with van der Waals surface area (Å²) in [6.45, 7) is 8.41. The van der Waals surface area contributed by atoms with Crippen LogP contribution in [0.5, 0.6) is 5.75 Å². The van der Waals surface area contributed by atoms with E-state index in [1.165, 1.54) is 0 Å². The summed E-state index contributed by atoms with van der Waals surface area (Å²) in [5.74, 6) is 1.27. The Kier molecular flexibility index (Phi) is 5.26. The summed E-state index contributed by atoms with van der Waals surface area (Å²) in [6, 6.07) is 9.33. The van der Waals surface area contributed by atoms with Gasteiger partial charge in [-0.2, -0.15) is 0 Å². The molecular weight excluding hydrogens is 283 g/mol. The largest absolute Gasteiger partial charge is 0.422 e. The van der Waals surface area contributed by atoms with Gasteiger partial charge in [-0.3, -0.25) is 0 Å². The van der Waals surface area contributed by atoms with Crippen LogP contribution in [0.1, 0.15) is 27.7 Å². The van der Waals surface area contributed by atoms with E-state index in [1.54, 1.807) is 0 Å². The SMILES string of the molecule is CC(C)C1C=CC(C(C)C)NP(=O)(Oc2ccccc2)N1. The second-order valence-corrected chi connectivity index (χ2v) is 7.94. The summed E-state index contributed by atoms with van der Waals surface area (Å²) in [6.07, 6.45) is 4.19. The summed E-state index contributed by atoms with van der Waals surface area (Å²) in [7, 11) is -3.16. The quantitative estimate of drug-likeness (QED) is 0.653. The fourth-order valence-corrected chi connectivity index (χ4v) is 4.33. The van der Waals surface area contributed by atoms with Gasteiger partial charge >= 0.3 is 7.67 Å². The van der Waals surface area contributed by atoms with Gasteiger partial charge in [0, 0.05) is 12.1 Å². The minimum absolute atomic E-state index is 0.0239. The van der Waals surface area contributed by atoms with Gasteiger partial charge in [-0.05, 0) is 24.0 Å². The first-order valence-corrected chi connectivity index (χ1v) is 9.11. The molecule has 0 saturated carbocycles. The van der Waals surface area contributed by atoms with Crippen LogP contribution in [0.3, 0.4) is 0 Å². The molecule has 0 radical (unpaired) electrons. The molecule has 0 aliphatic carbocycles. The molecule has 2 unspecified atom stereocenters. The summed E-state index contributed by atoms with van der Waals surface area (Å²) in [5.41, 5.74) is 0. The number of benzene rings is 1. The molecule has 0 bridgehead atoms. The zero-order chi connectivity index (χ0) is 15.5. The predicted molar refractivity (Wildman–Crippen MR) is 87.3 cm³/mol. The molecule has 2 rings (SSSR count). The van der Waals surface area contributed by atoms with Crippen molar-refractivity contribution in [1.29, 1.82) is 0 Å². The summed E-state index contributed by atoms with van der Waals surface area (Å²) >= 11 is 0. The number of rotatable bonds is 4. The molecule has 1 heterocycles. The lowest BCUT2D eigenvalue weighted by Crippen LogP contribution is -2.37. The second-order valence-electron chi connectivity index (χ2n) is 6.14. The molecule has 21 heavy (non-hydrogen) atoms. The maximum absolute atomic E-state index is 13.2. The van der Waals surface area contributed by atoms with Crippen LogP contribution < -0.4 is 14.7 Å². The topological polar surface area (TPSA) is 50.4 Å². The molecule has 1 aromatic rings. The molecule has 116 valence electrons. The maximum atomic E-state index is 13.2. The number of hydrogen-bond acceptors (Lipinski definition) is 2. The van der Waals surface area contributed by atoms with E-state index >= 15 is 0 Å². The van der Waals surface area contributed by atoms with Crippen molar-refractivity contribution >= 4 is 7.67 Å². The van der Waals surface area contributed by atoms with Gasteiger partial charge in [-0.25, -0.2) is 14.7 Å². The first-order valence-electron chi connectivity index (χ1n) is 7.48. The fraction of sp³-hybridized carbons (Fsp3) is 0.500. The van der Waals surface area contributed by atoms with E-state index < -0.39 is 7.67 Å². The van der Waals surface area contributed by atoms with Crippen LogP contribution in [0.2, 0.25) is 0 Å². The third kappa shape index (κ3) is 4.44. The van der Waals surface area contributed by atoms with Crippen molar-refractivity contribution < 1.29 is 9.09 Å². The Hall–Kier alpha value is -1.09. The standard InChI is InChI=1S/C16H25N2O2P/c1-12(2)15-10-11-16(13(3)4)18-21(19,17-15)20-14-8-6-5-7-9-14/h5-13,15-16H,1-4H3,(H2,17,18,19). The van der Waals surface area contributed by atoms with E-state index in [1.807, 2.05) is 30.3 Å². The number of para-hydroxylation sites is 1. The number of hydrogen-bond donors (Lipinski definition) is 2. The predicted octanol–water partition coefficient (Wildman–Crippen LogP) is 3.97. The molecule has 0 amide bonds. The molecule has 4 nitrogen and oxygen atoms in total. The third-order valence-electron chi connectivity index (χ3n) is 3.58. The van der Waals surface area contributed by atoms with Crippen LogP contribution in [-0.4, -0.2) is 12.1 Å². The maximum Gasteiger partial charge on any atom is 0.391 e. The summed E-state index contributed by atoms with van der Waals surface area (Å²) < 4.78 is 18.9. The average molecular weight is 308 g/mol. The van der Waals surface area contributed by atoms with Crippen molar-refractivity contribution in [3.8, 4) is 5.75 Å². The minimum atomic E-state index is -3.16. The van der Waals surface area contributed by atoms with E-state index in [2.05, 4.69) is 50.0 Å². The van der Waals surface area contributed by atoms with E-state index in [4.69, 9.17) is 4.52 Å². The van der Waals surface area contributed by atoms with Crippen LogP contribution >= 0.6 is 7.67 Å². The monoisotopic (exact) mass is 308 g/mol. The Morgan fingerprint density at radius 2 is 1.43 bits per heavy atom. The van der Waals surface area contributed by atoms with E-state index in [9.17, 15) is 4.57 Å². The van der Waals surface area contributed by atoms with Crippen LogP contribution in [-0.2, 0) is 4.57 Å². The molecule has 2 N–H and O–H groups in total. The van der Waals surface area contributed by atoms with Crippen molar-refractivity contribution in [2.45, 2.75) is 39.8 Å². The Morgan fingerprint density at radius 3 is 1.86 bits per heavy atom. The Labute approximate surface area is 127 Å². The first-order chi connectivity index (χ1) is 9.89. The molecule has 1 aliphatic heterocycles. The van der Waals surface area contributed by atoms with Gasteiger partial charge in [-0.15, -0.1) is 0 Å². The minimum Gasteiger partial charge on any atom is -0.422 e. The molecule has 0 saturated heterocycles. The molecule has 5 heteroatoms. The van der Waals surface area contributed by atoms with Gasteiger partial charge in [-0.1, -0.05) is 58.0 Å². The van der Waals surface area contributed by atoms with Crippen molar-refractivity contribution in [1.82, 2.24) is 10.2 Å². The molecule has 1 aliphatic rings. The molecular formula is C16H25N2O2P. The van der Waals surface area contributed by atoms with E-state index in [-0.39, 0.29) is 12.1 Å². The molecule has 0 aromatic heterocycles. The highest BCUT2D eigenvalue weighted by Crippen LogP contribution is 2.42. The molecule has 1 aromatic carbocycles. The van der Waals surface area contributed by atoms with E-state index in [0.717, 1.165) is 0 Å². The summed E-state index contributed by atoms with van der Waals surface area (Å²) in [5, 5.41) is 6.32. The lowest BCUT2D eigenvalue weighted by Gasteiger charge is -2.27. The van der Waals surface area contributed by atoms with Crippen LogP contribution in [0.15, 0.2) is 42.5 Å². The molecule has 0 fully saturated rings. The Morgan fingerprint density at radius 1 is 0.952 bits per heavy atom. The third-order valence-corrected chi connectivity index (χ3v) is 5.32. The zero-order valence-electron chi connectivity index (χ0n) is 13.1. The van der Waals surface area contributed by atoms with Crippen LogP contribution in [0.25, 0.3) is 0 Å². The van der Waals surface area contributed by atoms with Gasteiger partial charge in [0.2, 0.25) is 0 Å². The molecule has 0 spiro atoms. The van der Waals surface area contributed by atoms with Gasteiger partial charge < -0.3 is 4.52 Å². The van der Waals surface area contributed by atoms with E-state index in [0.29, 0.717) is 17.6 Å². The first kappa shape index (κ1) is 16.3. The lowest BCUT2D eigenvalue weighted by atomic mass is 10.0. The average Bonchev–Trinajstić information content (AvgIpc) is 2.59. The van der Waals surface area contributed by atoms with Gasteiger partial charge in [0.15, 0.2) is 0 Å². The van der Waals surface area contributed by atoms with Crippen molar-refractivity contribution in [3.05, 3.63) is 42.5 Å². The highest BCUT2D eigenvalue weighted by atomic mass is 31.2. The van der Waals surface area contributed by atoms with Crippen molar-refractivity contribution in [3.63, 3.8) is 0 Å². The Bertz CT molecular complexity index is 504. The highest BCUT2D eigenvalue weighted by Gasteiger charge is 2.34. The lowest BCUT2D eigenvalue weighted by molar-refractivity contribution is 0.416. The fourth-order valence-electron chi connectivity index (χ4n) is 2.18. The van der Waals surface area contributed by atoms with Crippen molar-refractivity contribution in [2.24, 2.45) is 11.8 Å². The molecule has 2 atom stereocenters. The van der Waals surface area contributed by atoms with Crippen LogP contribution in [0.4, 0.5) is 0 Å². The smallest absolute Gasteiger partial charge is 0.391 e. The van der Waals surface area contributed by atoms with Gasteiger partial charge in [0.25, 0.3) is 0 Å². The second kappa shape index (κ2) is 6.78.